The minimum atomic E-state index is 0.694. The summed E-state index contributed by atoms with van der Waals surface area (Å²) < 4.78 is 5.64. The van der Waals surface area contributed by atoms with E-state index in [4.69, 9.17) is 4.74 Å². The van der Waals surface area contributed by atoms with Crippen LogP contribution in [0.2, 0.25) is 0 Å². The molecule has 1 heterocycles. The van der Waals surface area contributed by atoms with Gasteiger partial charge in [0.05, 0.1) is 6.61 Å². The smallest absolute Gasteiger partial charge is 0.0600 e. The summed E-state index contributed by atoms with van der Waals surface area (Å²) in [4.78, 5) is 0. The normalized spacial score (nSPS) is 32.1. The van der Waals surface area contributed by atoms with Crippen LogP contribution in [0.4, 0.5) is 0 Å². The van der Waals surface area contributed by atoms with E-state index in [1.165, 1.54) is 38.5 Å². The van der Waals surface area contributed by atoms with Gasteiger partial charge in [-0.3, -0.25) is 0 Å². The van der Waals surface area contributed by atoms with Crippen molar-refractivity contribution in [2.45, 2.75) is 62.0 Å². The molecule has 2 atom stereocenters. The molecule has 1 aliphatic carbocycles. The van der Waals surface area contributed by atoms with Crippen LogP contribution in [0.25, 0.3) is 0 Å². The van der Waals surface area contributed by atoms with Crippen LogP contribution >= 0.6 is 11.8 Å². The van der Waals surface area contributed by atoms with Crippen LogP contribution in [0, 0.1) is 0 Å². The standard InChI is InChI=1S/C13H25NOS/c1-2-8-14-12-7-9-15-10-13(12)16-11-5-3-4-6-11/h11-14H,2-10H2,1H3. The number of ether oxygens (including phenoxy) is 1. The third kappa shape index (κ3) is 3.64. The maximum absolute atomic E-state index is 5.64. The summed E-state index contributed by atoms with van der Waals surface area (Å²) in [5.41, 5.74) is 0. The molecule has 1 aliphatic heterocycles. The first-order valence-electron chi connectivity index (χ1n) is 6.86. The molecule has 1 saturated carbocycles. The molecule has 2 nitrogen and oxygen atoms in total. The lowest BCUT2D eigenvalue weighted by atomic mass is 10.1. The molecule has 2 fully saturated rings. The monoisotopic (exact) mass is 243 g/mol. The lowest BCUT2D eigenvalue weighted by molar-refractivity contribution is 0.0832. The summed E-state index contributed by atoms with van der Waals surface area (Å²) in [7, 11) is 0. The quantitative estimate of drug-likeness (QED) is 0.802. The minimum absolute atomic E-state index is 0.694. The van der Waals surface area contributed by atoms with Gasteiger partial charge in [-0.1, -0.05) is 19.8 Å². The van der Waals surface area contributed by atoms with Crippen LogP contribution in [0.15, 0.2) is 0 Å². The van der Waals surface area contributed by atoms with E-state index in [1.807, 2.05) is 0 Å². The molecule has 2 unspecified atom stereocenters. The molecule has 2 rings (SSSR count). The summed E-state index contributed by atoms with van der Waals surface area (Å²) >= 11 is 2.20. The van der Waals surface area contributed by atoms with E-state index in [2.05, 4.69) is 24.0 Å². The predicted octanol–water partition coefficient (Wildman–Crippen LogP) is 2.82. The van der Waals surface area contributed by atoms with E-state index < -0.39 is 0 Å². The van der Waals surface area contributed by atoms with E-state index in [0.717, 1.165) is 25.0 Å². The summed E-state index contributed by atoms with van der Waals surface area (Å²) in [6.45, 7) is 5.31. The van der Waals surface area contributed by atoms with Crippen LogP contribution in [-0.4, -0.2) is 36.3 Å². The second kappa shape index (κ2) is 6.87. The molecule has 1 N–H and O–H groups in total. The molecule has 16 heavy (non-hydrogen) atoms. The Morgan fingerprint density at radius 3 is 2.81 bits per heavy atom. The number of nitrogens with one attached hydrogen (secondary N) is 1. The maximum Gasteiger partial charge on any atom is 0.0600 e. The maximum atomic E-state index is 5.64. The van der Waals surface area contributed by atoms with E-state index in [1.54, 1.807) is 0 Å². The summed E-state index contributed by atoms with van der Waals surface area (Å²) in [5.74, 6) is 0. The molecule has 0 aromatic heterocycles. The average molecular weight is 243 g/mol. The highest BCUT2D eigenvalue weighted by Gasteiger charge is 2.29. The molecular weight excluding hydrogens is 218 g/mol. The first kappa shape index (κ1) is 12.7. The predicted molar refractivity (Wildman–Crippen MR) is 71.2 cm³/mol. The molecule has 94 valence electrons. The number of rotatable bonds is 5. The Hall–Kier alpha value is 0.270. The lowest BCUT2D eigenvalue weighted by Crippen LogP contribution is -2.45. The van der Waals surface area contributed by atoms with Crippen molar-refractivity contribution in [3.05, 3.63) is 0 Å². The van der Waals surface area contributed by atoms with E-state index in [9.17, 15) is 0 Å². The number of thioether (sulfide) groups is 1. The van der Waals surface area contributed by atoms with E-state index in [0.29, 0.717) is 11.3 Å². The van der Waals surface area contributed by atoms with Gasteiger partial charge in [0.25, 0.3) is 0 Å². The highest BCUT2D eigenvalue weighted by molar-refractivity contribution is 8.00. The van der Waals surface area contributed by atoms with Gasteiger partial charge in [0.1, 0.15) is 0 Å². The molecule has 0 radical (unpaired) electrons. The highest BCUT2D eigenvalue weighted by atomic mass is 32.2. The van der Waals surface area contributed by atoms with Gasteiger partial charge in [0, 0.05) is 23.1 Å². The zero-order valence-corrected chi connectivity index (χ0v) is 11.2. The largest absolute Gasteiger partial charge is 0.380 e. The van der Waals surface area contributed by atoms with Crippen molar-refractivity contribution in [1.82, 2.24) is 5.32 Å². The average Bonchev–Trinajstić information content (AvgIpc) is 2.81. The number of hydrogen-bond donors (Lipinski definition) is 1. The molecule has 1 saturated heterocycles. The Kier molecular flexibility index (Phi) is 5.46. The Morgan fingerprint density at radius 2 is 2.06 bits per heavy atom. The van der Waals surface area contributed by atoms with Gasteiger partial charge in [0.2, 0.25) is 0 Å². The fraction of sp³-hybridized carbons (Fsp3) is 1.00. The van der Waals surface area contributed by atoms with Crippen LogP contribution in [0.3, 0.4) is 0 Å². The Morgan fingerprint density at radius 1 is 1.25 bits per heavy atom. The molecule has 2 aliphatic rings. The molecule has 0 amide bonds. The van der Waals surface area contributed by atoms with Gasteiger partial charge in [-0.25, -0.2) is 0 Å². The second-order valence-electron chi connectivity index (χ2n) is 5.01. The van der Waals surface area contributed by atoms with Crippen LogP contribution in [0.1, 0.15) is 45.4 Å². The van der Waals surface area contributed by atoms with Crippen molar-refractivity contribution >= 4 is 11.8 Å². The number of hydrogen-bond acceptors (Lipinski definition) is 3. The molecule has 0 bridgehead atoms. The van der Waals surface area contributed by atoms with Crippen molar-refractivity contribution in [2.24, 2.45) is 0 Å². The van der Waals surface area contributed by atoms with Gasteiger partial charge in [0.15, 0.2) is 0 Å². The molecule has 3 heteroatoms. The summed E-state index contributed by atoms with van der Waals surface area (Å²) in [5, 5.41) is 5.31. The van der Waals surface area contributed by atoms with Crippen molar-refractivity contribution in [3.8, 4) is 0 Å². The van der Waals surface area contributed by atoms with E-state index >= 15 is 0 Å². The summed E-state index contributed by atoms with van der Waals surface area (Å²) in [6.07, 6.45) is 8.18. The summed E-state index contributed by atoms with van der Waals surface area (Å²) in [6, 6.07) is 0.694. The highest BCUT2D eigenvalue weighted by Crippen LogP contribution is 2.35. The van der Waals surface area contributed by atoms with Crippen LogP contribution < -0.4 is 5.32 Å². The van der Waals surface area contributed by atoms with E-state index in [-0.39, 0.29) is 0 Å². The SMILES string of the molecule is CCCNC1CCOCC1SC1CCCC1. The Labute approximate surface area is 104 Å². The third-order valence-electron chi connectivity index (χ3n) is 3.63. The molecule has 0 aromatic rings. The fourth-order valence-corrected chi connectivity index (χ4v) is 4.38. The van der Waals surface area contributed by atoms with Crippen LogP contribution in [0.5, 0.6) is 0 Å². The van der Waals surface area contributed by atoms with Gasteiger partial charge < -0.3 is 10.1 Å². The zero-order valence-electron chi connectivity index (χ0n) is 10.4. The first-order chi connectivity index (χ1) is 7.90. The van der Waals surface area contributed by atoms with Crippen molar-refractivity contribution in [1.29, 1.82) is 0 Å². The van der Waals surface area contributed by atoms with Crippen LogP contribution in [-0.2, 0) is 4.74 Å². The van der Waals surface area contributed by atoms with Crippen molar-refractivity contribution in [2.75, 3.05) is 19.8 Å². The van der Waals surface area contributed by atoms with Crippen molar-refractivity contribution in [3.63, 3.8) is 0 Å². The zero-order chi connectivity index (χ0) is 11.2. The van der Waals surface area contributed by atoms with Gasteiger partial charge in [-0.05, 0) is 32.2 Å². The molecule has 0 spiro atoms. The first-order valence-corrected chi connectivity index (χ1v) is 7.81. The van der Waals surface area contributed by atoms with Gasteiger partial charge in [-0.2, -0.15) is 11.8 Å². The minimum Gasteiger partial charge on any atom is -0.380 e. The Balaban J connectivity index is 1.78. The lowest BCUT2D eigenvalue weighted by Gasteiger charge is -2.33. The second-order valence-corrected chi connectivity index (χ2v) is 6.55. The fourth-order valence-electron chi connectivity index (χ4n) is 2.68. The van der Waals surface area contributed by atoms with Crippen molar-refractivity contribution < 1.29 is 4.74 Å². The third-order valence-corrected chi connectivity index (χ3v) is 5.30. The Bertz CT molecular complexity index is 194. The topological polar surface area (TPSA) is 21.3 Å². The van der Waals surface area contributed by atoms with Gasteiger partial charge in [-0.15, -0.1) is 0 Å². The van der Waals surface area contributed by atoms with Gasteiger partial charge >= 0.3 is 0 Å². The molecular formula is C13H25NOS. The molecule has 0 aromatic carbocycles.